The molecule has 1 N–H and O–H groups in total. The van der Waals surface area contributed by atoms with Gasteiger partial charge in [-0.05, 0) is 44.8 Å². The van der Waals surface area contributed by atoms with E-state index in [-0.39, 0.29) is 5.91 Å². The zero-order chi connectivity index (χ0) is 22.8. The second-order valence-corrected chi connectivity index (χ2v) is 8.31. The third-order valence-electron chi connectivity index (χ3n) is 5.24. The van der Waals surface area contributed by atoms with Gasteiger partial charge in [0.1, 0.15) is 5.52 Å². The fourth-order valence-corrected chi connectivity index (χ4v) is 3.73. The number of amides is 1. The van der Waals surface area contributed by atoms with Crippen molar-refractivity contribution in [2.24, 2.45) is 0 Å². The number of benzene rings is 2. The Morgan fingerprint density at radius 3 is 2.72 bits per heavy atom. The molecule has 0 radical (unpaired) electrons. The molecule has 0 bridgehead atoms. The highest BCUT2D eigenvalue weighted by Gasteiger charge is 2.17. The van der Waals surface area contributed by atoms with Gasteiger partial charge in [-0.25, -0.2) is 9.97 Å². The van der Waals surface area contributed by atoms with E-state index in [2.05, 4.69) is 10.3 Å². The van der Waals surface area contributed by atoms with Gasteiger partial charge in [0.05, 0.1) is 34.3 Å². The Balaban J connectivity index is 1.76. The predicted molar refractivity (Wildman–Crippen MR) is 131 cm³/mol. The smallest absolute Gasteiger partial charge is 0.250 e. The van der Waals surface area contributed by atoms with E-state index in [9.17, 15) is 4.79 Å². The summed E-state index contributed by atoms with van der Waals surface area (Å²) in [6, 6.07) is 11.7. The Labute approximate surface area is 191 Å². The SMILES string of the molecule is Cc1ccccc1Nc1nc2cc(Cl)c(N(C)C(=O)/C=C/CN(C)C)cc2n2cncc12. The molecule has 2 aromatic heterocycles. The number of fused-ring (bicyclic) bond motifs is 3. The molecule has 0 unspecified atom stereocenters. The minimum Gasteiger partial charge on any atom is -0.338 e. The highest BCUT2D eigenvalue weighted by atomic mass is 35.5. The molecule has 32 heavy (non-hydrogen) atoms. The van der Waals surface area contributed by atoms with Crippen LogP contribution in [0.1, 0.15) is 5.56 Å². The molecule has 7 nitrogen and oxygen atoms in total. The van der Waals surface area contributed by atoms with E-state index in [4.69, 9.17) is 16.6 Å². The summed E-state index contributed by atoms with van der Waals surface area (Å²) in [5, 5.41) is 3.86. The van der Waals surface area contributed by atoms with Gasteiger partial charge in [0.15, 0.2) is 5.82 Å². The van der Waals surface area contributed by atoms with Crippen LogP contribution in [0, 0.1) is 6.92 Å². The molecule has 0 fully saturated rings. The number of carbonyl (C=O) groups is 1. The average molecular weight is 449 g/mol. The zero-order valence-corrected chi connectivity index (χ0v) is 19.3. The first-order chi connectivity index (χ1) is 15.3. The minimum absolute atomic E-state index is 0.152. The van der Waals surface area contributed by atoms with Crippen LogP contribution in [0.4, 0.5) is 17.2 Å². The van der Waals surface area contributed by atoms with E-state index in [0.717, 1.165) is 22.3 Å². The van der Waals surface area contributed by atoms with Gasteiger partial charge in [-0.3, -0.25) is 9.20 Å². The number of para-hydroxylation sites is 1. The van der Waals surface area contributed by atoms with Gasteiger partial charge < -0.3 is 15.1 Å². The number of imidazole rings is 1. The third kappa shape index (κ3) is 4.30. The summed E-state index contributed by atoms with van der Waals surface area (Å²) in [6.45, 7) is 2.72. The number of rotatable bonds is 6. The molecule has 8 heteroatoms. The molecule has 2 aromatic carbocycles. The Hall–Kier alpha value is -3.42. The van der Waals surface area contributed by atoms with Crippen molar-refractivity contribution in [1.29, 1.82) is 0 Å². The van der Waals surface area contributed by atoms with Crippen LogP contribution in [0.15, 0.2) is 61.1 Å². The van der Waals surface area contributed by atoms with Crippen LogP contribution in [0.3, 0.4) is 0 Å². The second-order valence-electron chi connectivity index (χ2n) is 7.90. The van der Waals surface area contributed by atoms with E-state index >= 15 is 0 Å². The second kappa shape index (κ2) is 8.98. The van der Waals surface area contributed by atoms with Gasteiger partial charge in [0.2, 0.25) is 5.91 Å². The summed E-state index contributed by atoms with van der Waals surface area (Å²) in [6.07, 6.45) is 6.88. The number of likely N-dealkylation sites (N-methyl/N-ethyl adjacent to an activating group) is 2. The molecule has 164 valence electrons. The summed E-state index contributed by atoms with van der Waals surface area (Å²) in [7, 11) is 5.61. The van der Waals surface area contributed by atoms with E-state index < -0.39 is 0 Å². The number of aryl methyl sites for hydroxylation is 1. The van der Waals surface area contributed by atoms with Gasteiger partial charge in [-0.1, -0.05) is 35.9 Å². The van der Waals surface area contributed by atoms with Gasteiger partial charge >= 0.3 is 0 Å². The predicted octanol–water partition coefficient (Wildman–Crippen LogP) is 4.67. The number of hydrogen-bond donors (Lipinski definition) is 1. The summed E-state index contributed by atoms with van der Waals surface area (Å²) in [5.74, 6) is 0.532. The lowest BCUT2D eigenvalue weighted by molar-refractivity contribution is -0.113. The Bertz CT molecular complexity index is 1330. The van der Waals surface area contributed by atoms with Crippen molar-refractivity contribution < 1.29 is 4.79 Å². The van der Waals surface area contributed by atoms with Crippen molar-refractivity contribution >= 4 is 51.3 Å². The zero-order valence-electron chi connectivity index (χ0n) is 18.5. The van der Waals surface area contributed by atoms with Crippen molar-refractivity contribution in [3.05, 3.63) is 71.7 Å². The first kappa shape index (κ1) is 21.8. The fourth-order valence-electron chi connectivity index (χ4n) is 3.45. The molecule has 4 aromatic rings. The Morgan fingerprint density at radius 2 is 1.97 bits per heavy atom. The molecular weight excluding hydrogens is 424 g/mol. The largest absolute Gasteiger partial charge is 0.338 e. The standard InChI is InChI=1S/C24H25ClN6O/c1-16-8-5-6-9-18(16)27-24-22-14-26-15-31(22)21-13-20(17(25)12-19(21)28-24)30(4)23(32)10-7-11-29(2)3/h5-10,12-15H,11H2,1-4H3,(H,27,28)/b10-7+. The van der Waals surface area contributed by atoms with Crippen molar-refractivity contribution in [2.45, 2.75) is 6.92 Å². The van der Waals surface area contributed by atoms with Crippen LogP contribution in [-0.2, 0) is 4.79 Å². The first-order valence-electron chi connectivity index (χ1n) is 10.2. The topological polar surface area (TPSA) is 65.8 Å². The molecule has 0 aliphatic carbocycles. The lowest BCUT2D eigenvalue weighted by atomic mass is 10.2. The molecule has 0 saturated heterocycles. The Morgan fingerprint density at radius 1 is 1.19 bits per heavy atom. The van der Waals surface area contributed by atoms with E-state index in [1.54, 1.807) is 31.7 Å². The minimum atomic E-state index is -0.152. The van der Waals surface area contributed by atoms with Crippen LogP contribution in [-0.4, -0.2) is 52.9 Å². The lowest BCUT2D eigenvalue weighted by Crippen LogP contribution is -2.25. The number of anilines is 3. The van der Waals surface area contributed by atoms with Crippen LogP contribution in [0.2, 0.25) is 5.02 Å². The molecular formula is C24H25ClN6O. The van der Waals surface area contributed by atoms with E-state index in [1.165, 1.54) is 4.90 Å². The van der Waals surface area contributed by atoms with Gasteiger partial charge in [-0.15, -0.1) is 0 Å². The highest BCUT2D eigenvalue weighted by molar-refractivity contribution is 6.34. The highest BCUT2D eigenvalue weighted by Crippen LogP contribution is 2.33. The molecule has 0 saturated carbocycles. The number of halogens is 1. The number of nitrogens with zero attached hydrogens (tertiary/aromatic N) is 5. The van der Waals surface area contributed by atoms with Crippen LogP contribution in [0.5, 0.6) is 0 Å². The molecule has 1 amide bonds. The normalized spacial score (nSPS) is 11.7. The van der Waals surface area contributed by atoms with Gasteiger partial charge in [0.25, 0.3) is 0 Å². The molecule has 0 aliphatic heterocycles. The monoisotopic (exact) mass is 448 g/mol. The quantitative estimate of drug-likeness (QED) is 0.434. The first-order valence-corrected chi connectivity index (χ1v) is 10.6. The maximum Gasteiger partial charge on any atom is 0.250 e. The summed E-state index contributed by atoms with van der Waals surface area (Å²) in [4.78, 5) is 25.3. The maximum absolute atomic E-state index is 12.6. The van der Waals surface area contributed by atoms with Crippen molar-refractivity contribution in [3.8, 4) is 0 Å². The molecule has 2 heterocycles. The van der Waals surface area contributed by atoms with Crippen molar-refractivity contribution in [1.82, 2.24) is 19.3 Å². The molecule has 0 atom stereocenters. The summed E-state index contributed by atoms with van der Waals surface area (Å²) in [5.41, 5.74) is 5.03. The molecule has 4 rings (SSSR count). The number of aromatic nitrogens is 3. The van der Waals surface area contributed by atoms with Gasteiger partial charge in [0, 0.05) is 25.4 Å². The van der Waals surface area contributed by atoms with Gasteiger partial charge in [-0.2, -0.15) is 0 Å². The van der Waals surface area contributed by atoms with Crippen LogP contribution < -0.4 is 10.2 Å². The van der Waals surface area contributed by atoms with Crippen molar-refractivity contribution in [2.75, 3.05) is 37.9 Å². The van der Waals surface area contributed by atoms with E-state index in [0.29, 0.717) is 28.6 Å². The third-order valence-corrected chi connectivity index (χ3v) is 5.54. The number of hydrogen-bond acceptors (Lipinski definition) is 5. The average Bonchev–Trinajstić information content (AvgIpc) is 3.24. The summed E-state index contributed by atoms with van der Waals surface area (Å²) >= 11 is 6.58. The Kier molecular flexibility index (Phi) is 6.12. The summed E-state index contributed by atoms with van der Waals surface area (Å²) < 4.78 is 1.95. The number of nitrogens with one attached hydrogen (secondary N) is 1. The van der Waals surface area contributed by atoms with Crippen LogP contribution >= 0.6 is 11.6 Å². The fraction of sp³-hybridized carbons (Fsp3) is 0.208. The van der Waals surface area contributed by atoms with Crippen LogP contribution in [0.25, 0.3) is 16.6 Å². The lowest BCUT2D eigenvalue weighted by Gasteiger charge is -2.19. The number of carbonyl (C=O) groups excluding carboxylic acids is 1. The molecule has 0 spiro atoms. The molecule has 0 aliphatic rings. The maximum atomic E-state index is 12.6. The van der Waals surface area contributed by atoms with Crippen molar-refractivity contribution in [3.63, 3.8) is 0 Å². The van der Waals surface area contributed by atoms with E-state index in [1.807, 2.05) is 66.7 Å².